The summed E-state index contributed by atoms with van der Waals surface area (Å²) in [6.45, 7) is 4.34. The van der Waals surface area contributed by atoms with Crippen LogP contribution < -0.4 is 20.9 Å². The lowest BCUT2D eigenvalue weighted by Gasteiger charge is -2.23. The molecule has 0 bridgehead atoms. The Kier molecular flexibility index (Phi) is 7.96. The van der Waals surface area contributed by atoms with Crippen molar-refractivity contribution < 1.29 is 18.4 Å². The van der Waals surface area contributed by atoms with Crippen LogP contribution in [0.15, 0.2) is 66.7 Å². The molecule has 0 heterocycles. The van der Waals surface area contributed by atoms with E-state index >= 15 is 0 Å². The summed E-state index contributed by atoms with van der Waals surface area (Å²) >= 11 is 0. The van der Waals surface area contributed by atoms with Crippen molar-refractivity contribution in [2.45, 2.75) is 20.3 Å². The van der Waals surface area contributed by atoms with E-state index in [1.54, 1.807) is 6.07 Å². The quantitative estimate of drug-likeness (QED) is 0.395. The first-order chi connectivity index (χ1) is 15.8. The van der Waals surface area contributed by atoms with Gasteiger partial charge in [0, 0.05) is 24.5 Å². The van der Waals surface area contributed by atoms with Crippen molar-refractivity contribution in [3.05, 3.63) is 89.5 Å². The maximum Gasteiger partial charge on any atom is 0.326 e. The van der Waals surface area contributed by atoms with Crippen LogP contribution in [0.1, 0.15) is 17.5 Å². The molecule has 0 fully saturated rings. The molecule has 33 heavy (non-hydrogen) atoms. The number of aryl methyl sites for hydroxylation is 2. The van der Waals surface area contributed by atoms with Crippen molar-refractivity contribution in [2.75, 3.05) is 28.6 Å². The van der Waals surface area contributed by atoms with Crippen LogP contribution in [0.3, 0.4) is 0 Å². The summed E-state index contributed by atoms with van der Waals surface area (Å²) in [7, 11) is 0. The minimum atomic E-state index is -0.563. The number of anilines is 3. The van der Waals surface area contributed by atoms with E-state index < -0.39 is 17.7 Å². The molecule has 6 nitrogen and oxygen atoms in total. The second-order valence-corrected chi connectivity index (χ2v) is 7.54. The third-order valence-corrected chi connectivity index (χ3v) is 5.06. The van der Waals surface area contributed by atoms with Gasteiger partial charge in [0.25, 0.3) is 0 Å². The molecule has 0 saturated carbocycles. The highest BCUT2D eigenvalue weighted by atomic mass is 19.1. The van der Waals surface area contributed by atoms with E-state index in [2.05, 4.69) is 16.0 Å². The van der Waals surface area contributed by atoms with Crippen molar-refractivity contribution in [2.24, 2.45) is 0 Å². The van der Waals surface area contributed by atoms with Gasteiger partial charge in [0.1, 0.15) is 11.6 Å². The van der Waals surface area contributed by atoms with Gasteiger partial charge >= 0.3 is 12.1 Å². The van der Waals surface area contributed by atoms with Crippen LogP contribution in [-0.4, -0.2) is 25.2 Å². The molecule has 0 saturated heterocycles. The summed E-state index contributed by atoms with van der Waals surface area (Å²) in [4.78, 5) is 26.5. The summed E-state index contributed by atoms with van der Waals surface area (Å²) in [5.74, 6) is -0.993. The minimum absolute atomic E-state index is 0.0423. The van der Waals surface area contributed by atoms with Crippen molar-refractivity contribution in [1.82, 2.24) is 5.32 Å². The Hall–Kier alpha value is -3.94. The summed E-state index contributed by atoms with van der Waals surface area (Å²) < 4.78 is 27.3. The zero-order valence-corrected chi connectivity index (χ0v) is 18.5. The molecule has 0 aliphatic carbocycles. The van der Waals surface area contributed by atoms with Gasteiger partial charge in [0.15, 0.2) is 0 Å². The topological polar surface area (TPSA) is 73.5 Å². The molecule has 3 aromatic carbocycles. The standard InChI is InChI=1S/C25H26F2N4O2/c1-17-7-5-8-18(2)23(17)30-24(32)28-15-6-16-31(20-13-11-19(26)12-14-20)25(33)29-22-10-4-3-9-21(22)27/h3-5,7-14H,6,15-16H2,1-2H3,(H,29,33)(H2,28,30,32). The fraction of sp³-hybridized carbons (Fsp3) is 0.200. The zero-order chi connectivity index (χ0) is 23.8. The van der Waals surface area contributed by atoms with Gasteiger partial charge in [-0.05, 0) is 67.8 Å². The van der Waals surface area contributed by atoms with Crippen molar-refractivity contribution >= 4 is 29.1 Å². The van der Waals surface area contributed by atoms with Gasteiger partial charge in [-0.1, -0.05) is 30.3 Å². The predicted octanol–water partition coefficient (Wildman–Crippen LogP) is 5.83. The first-order valence-corrected chi connectivity index (χ1v) is 10.5. The largest absolute Gasteiger partial charge is 0.338 e. The fourth-order valence-corrected chi connectivity index (χ4v) is 3.32. The van der Waals surface area contributed by atoms with Gasteiger partial charge < -0.3 is 16.0 Å². The van der Waals surface area contributed by atoms with Crippen molar-refractivity contribution in [1.29, 1.82) is 0 Å². The maximum absolute atomic E-state index is 14.0. The second kappa shape index (κ2) is 11.1. The predicted molar refractivity (Wildman–Crippen MR) is 127 cm³/mol. The van der Waals surface area contributed by atoms with Crippen LogP contribution in [0, 0.1) is 25.5 Å². The SMILES string of the molecule is Cc1cccc(C)c1NC(=O)NCCCN(C(=O)Nc1ccccc1F)c1ccc(F)cc1. The second-order valence-electron chi connectivity index (χ2n) is 7.54. The fourth-order valence-electron chi connectivity index (χ4n) is 3.32. The summed E-state index contributed by atoms with van der Waals surface area (Å²) in [6.07, 6.45) is 0.419. The van der Waals surface area contributed by atoms with E-state index in [0.717, 1.165) is 16.8 Å². The molecule has 3 rings (SSSR count). The van der Waals surface area contributed by atoms with Gasteiger partial charge in [-0.15, -0.1) is 0 Å². The average Bonchev–Trinajstić information content (AvgIpc) is 2.79. The van der Waals surface area contributed by atoms with Gasteiger partial charge in [-0.2, -0.15) is 0 Å². The highest BCUT2D eigenvalue weighted by molar-refractivity contribution is 6.01. The molecular formula is C25H26F2N4O2. The lowest BCUT2D eigenvalue weighted by atomic mass is 10.1. The monoisotopic (exact) mass is 452 g/mol. The molecule has 0 aliphatic heterocycles. The van der Waals surface area contributed by atoms with E-state index in [4.69, 9.17) is 0 Å². The van der Waals surface area contributed by atoms with Crippen LogP contribution in [-0.2, 0) is 0 Å². The van der Waals surface area contributed by atoms with Crippen LogP contribution in [0.25, 0.3) is 0 Å². The minimum Gasteiger partial charge on any atom is -0.338 e. The van der Waals surface area contributed by atoms with Gasteiger partial charge in [-0.3, -0.25) is 4.90 Å². The normalized spacial score (nSPS) is 10.4. The van der Waals surface area contributed by atoms with Crippen LogP contribution in [0.5, 0.6) is 0 Å². The Morgan fingerprint density at radius 3 is 2.18 bits per heavy atom. The lowest BCUT2D eigenvalue weighted by Crippen LogP contribution is -2.38. The van der Waals surface area contributed by atoms with E-state index in [-0.39, 0.29) is 18.3 Å². The first-order valence-electron chi connectivity index (χ1n) is 10.5. The number of rotatable bonds is 7. The average molecular weight is 453 g/mol. The molecule has 172 valence electrons. The van der Waals surface area contributed by atoms with Crippen molar-refractivity contribution in [3.8, 4) is 0 Å². The third-order valence-electron chi connectivity index (χ3n) is 5.06. The first kappa shape index (κ1) is 23.7. The Morgan fingerprint density at radius 1 is 0.848 bits per heavy atom. The highest BCUT2D eigenvalue weighted by Crippen LogP contribution is 2.20. The maximum atomic E-state index is 14.0. The summed E-state index contributed by atoms with van der Waals surface area (Å²) in [5.41, 5.74) is 3.16. The Morgan fingerprint density at radius 2 is 1.52 bits per heavy atom. The molecule has 4 amide bonds. The lowest BCUT2D eigenvalue weighted by molar-refractivity contribution is 0.252. The molecule has 8 heteroatoms. The van der Waals surface area contributed by atoms with E-state index in [1.807, 2.05) is 32.0 Å². The summed E-state index contributed by atoms with van der Waals surface area (Å²) in [6, 6.07) is 16.1. The molecule has 0 spiro atoms. The number of nitrogens with one attached hydrogen (secondary N) is 3. The Labute approximate surface area is 191 Å². The number of halogens is 2. The smallest absolute Gasteiger partial charge is 0.326 e. The highest BCUT2D eigenvalue weighted by Gasteiger charge is 2.17. The molecule has 0 unspecified atom stereocenters. The Bertz CT molecular complexity index is 1100. The van der Waals surface area contributed by atoms with E-state index in [0.29, 0.717) is 18.7 Å². The molecule has 0 atom stereocenters. The van der Waals surface area contributed by atoms with E-state index in [1.165, 1.54) is 47.4 Å². The van der Waals surface area contributed by atoms with Crippen LogP contribution in [0.4, 0.5) is 35.4 Å². The third kappa shape index (κ3) is 6.52. The van der Waals surface area contributed by atoms with E-state index in [9.17, 15) is 18.4 Å². The number of benzene rings is 3. The molecular weight excluding hydrogens is 426 g/mol. The zero-order valence-electron chi connectivity index (χ0n) is 18.5. The number of para-hydroxylation sites is 2. The Balaban J connectivity index is 1.60. The number of amides is 4. The van der Waals surface area contributed by atoms with Crippen molar-refractivity contribution in [3.63, 3.8) is 0 Å². The van der Waals surface area contributed by atoms with Gasteiger partial charge in [0.2, 0.25) is 0 Å². The van der Waals surface area contributed by atoms with Crippen LogP contribution in [0.2, 0.25) is 0 Å². The number of carbonyl (C=O) groups is 2. The van der Waals surface area contributed by atoms with Crippen LogP contribution >= 0.6 is 0 Å². The number of hydrogen-bond acceptors (Lipinski definition) is 2. The summed E-state index contributed by atoms with van der Waals surface area (Å²) in [5, 5.41) is 8.15. The molecule has 3 N–H and O–H groups in total. The molecule has 0 radical (unpaired) electrons. The number of hydrogen-bond donors (Lipinski definition) is 3. The molecule has 0 aromatic heterocycles. The van der Waals surface area contributed by atoms with Gasteiger partial charge in [-0.25, -0.2) is 18.4 Å². The number of urea groups is 2. The molecule has 0 aliphatic rings. The number of carbonyl (C=O) groups excluding carboxylic acids is 2. The number of nitrogens with zero attached hydrogens (tertiary/aromatic N) is 1. The van der Waals surface area contributed by atoms with Gasteiger partial charge in [0.05, 0.1) is 5.69 Å². The molecule has 3 aromatic rings.